The number of halogens is 1. The highest BCUT2D eigenvalue weighted by molar-refractivity contribution is 7.97. The fourth-order valence-corrected chi connectivity index (χ4v) is 4.97. The molecule has 3 aliphatic rings. The van der Waals surface area contributed by atoms with Crippen LogP contribution in [-0.2, 0) is 16.5 Å². The zero-order chi connectivity index (χ0) is 21.6. The van der Waals surface area contributed by atoms with Crippen LogP contribution in [0.1, 0.15) is 32.1 Å². The SMILES string of the molecule is Cn1cc(Nc2ncc(Cl)c(NC3COC4CCOC34)n2)cn1.NSCC1CCCC1. The van der Waals surface area contributed by atoms with Gasteiger partial charge in [-0.15, -0.1) is 0 Å². The molecule has 1 saturated carbocycles. The van der Waals surface area contributed by atoms with E-state index < -0.39 is 0 Å². The topological polar surface area (TPSA) is 112 Å². The summed E-state index contributed by atoms with van der Waals surface area (Å²) in [6.45, 7) is 1.32. The summed E-state index contributed by atoms with van der Waals surface area (Å²) in [5.41, 5.74) is 0.809. The Hall–Kier alpha value is -1.59. The van der Waals surface area contributed by atoms with Gasteiger partial charge < -0.3 is 20.1 Å². The van der Waals surface area contributed by atoms with Crippen molar-refractivity contribution in [3.05, 3.63) is 23.6 Å². The van der Waals surface area contributed by atoms with Crippen molar-refractivity contribution in [2.24, 2.45) is 18.1 Å². The molecular formula is C20H30ClN7O2S. The minimum Gasteiger partial charge on any atom is -0.373 e. The molecule has 0 aromatic carbocycles. The molecule has 2 aromatic rings. The molecule has 0 bridgehead atoms. The van der Waals surface area contributed by atoms with Crippen LogP contribution in [0.25, 0.3) is 0 Å². The summed E-state index contributed by atoms with van der Waals surface area (Å²) in [6.07, 6.45) is 12.0. The molecule has 0 radical (unpaired) electrons. The lowest BCUT2D eigenvalue weighted by Gasteiger charge is -2.19. The Kier molecular flexibility index (Phi) is 7.89. The molecular weight excluding hydrogens is 438 g/mol. The zero-order valence-corrected chi connectivity index (χ0v) is 19.2. The van der Waals surface area contributed by atoms with Gasteiger partial charge in [0.1, 0.15) is 11.1 Å². The second-order valence-corrected chi connectivity index (χ2v) is 9.22. The maximum absolute atomic E-state index is 6.21. The Balaban J connectivity index is 0.000000245. The summed E-state index contributed by atoms with van der Waals surface area (Å²) in [7, 11) is 1.85. The van der Waals surface area contributed by atoms with Crippen molar-refractivity contribution in [1.29, 1.82) is 0 Å². The predicted octanol–water partition coefficient (Wildman–Crippen LogP) is 3.36. The number of ether oxygens (including phenoxy) is 2. The lowest BCUT2D eigenvalue weighted by atomic mass is 10.1. The van der Waals surface area contributed by atoms with E-state index in [0.717, 1.165) is 24.6 Å². The minimum atomic E-state index is 0.0427. The van der Waals surface area contributed by atoms with Crippen LogP contribution >= 0.6 is 23.5 Å². The lowest BCUT2D eigenvalue weighted by molar-refractivity contribution is 0.0718. The fourth-order valence-electron chi connectivity index (χ4n) is 4.22. The first-order valence-electron chi connectivity index (χ1n) is 10.7. The van der Waals surface area contributed by atoms with Crippen molar-refractivity contribution >= 4 is 41.0 Å². The van der Waals surface area contributed by atoms with Crippen LogP contribution in [0.4, 0.5) is 17.5 Å². The maximum Gasteiger partial charge on any atom is 0.229 e. The van der Waals surface area contributed by atoms with Crippen LogP contribution in [0.2, 0.25) is 5.02 Å². The molecule has 2 aromatic heterocycles. The molecule has 3 unspecified atom stereocenters. The first-order chi connectivity index (χ1) is 15.1. The highest BCUT2D eigenvalue weighted by Gasteiger charge is 2.42. The summed E-state index contributed by atoms with van der Waals surface area (Å²) in [6, 6.07) is 0.0427. The van der Waals surface area contributed by atoms with Crippen LogP contribution in [0.3, 0.4) is 0 Å². The molecule has 3 atom stereocenters. The Bertz CT molecular complexity index is 849. The second-order valence-electron chi connectivity index (χ2n) is 8.15. The number of hydrogen-bond donors (Lipinski definition) is 3. The van der Waals surface area contributed by atoms with E-state index in [1.807, 2.05) is 13.2 Å². The summed E-state index contributed by atoms with van der Waals surface area (Å²) in [5, 5.41) is 16.3. The normalized spacial score (nSPS) is 25.2. The van der Waals surface area contributed by atoms with Crippen LogP contribution in [0.15, 0.2) is 18.6 Å². The number of fused-ring (bicyclic) bond motifs is 1. The Labute approximate surface area is 191 Å². The van der Waals surface area contributed by atoms with Gasteiger partial charge in [-0.1, -0.05) is 36.4 Å². The second kappa shape index (κ2) is 10.8. The summed E-state index contributed by atoms with van der Waals surface area (Å²) in [4.78, 5) is 8.63. The average Bonchev–Trinajstić information content (AvgIpc) is 3.53. The van der Waals surface area contributed by atoms with Gasteiger partial charge in [0, 0.05) is 25.6 Å². The smallest absolute Gasteiger partial charge is 0.229 e. The maximum atomic E-state index is 6.21. The average molecular weight is 468 g/mol. The molecule has 5 rings (SSSR count). The number of nitrogens with one attached hydrogen (secondary N) is 2. The fraction of sp³-hybridized carbons (Fsp3) is 0.650. The van der Waals surface area contributed by atoms with Crippen molar-refractivity contribution in [3.63, 3.8) is 0 Å². The molecule has 170 valence electrons. The van der Waals surface area contributed by atoms with Crippen LogP contribution in [-0.4, -0.2) is 57.0 Å². The highest BCUT2D eigenvalue weighted by atomic mass is 35.5. The molecule has 9 nitrogen and oxygen atoms in total. The van der Waals surface area contributed by atoms with E-state index in [9.17, 15) is 0 Å². The van der Waals surface area contributed by atoms with Gasteiger partial charge in [0.2, 0.25) is 5.95 Å². The van der Waals surface area contributed by atoms with Crippen LogP contribution in [0.5, 0.6) is 0 Å². The number of aromatic nitrogens is 4. The van der Waals surface area contributed by atoms with E-state index in [4.69, 9.17) is 26.2 Å². The molecule has 2 aliphatic heterocycles. The number of anilines is 3. The number of nitrogens with two attached hydrogens (primary N) is 1. The van der Waals surface area contributed by atoms with Gasteiger partial charge in [0.25, 0.3) is 0 Å². The molecule has 1 aliphatic carbocycles. The van der Waals surface area contributed by atoms with Crippen molar-refractivity contribution in [1.82, 2.24) is 19.7 Å². The number of aryl methyl sites for hydroxylation is 1. The van der Waals surface area contributed by atoms with Crippen LogP contribution < -0.4 is 15.8 Å². The van der Waals surface area contributed by atoms with E-state index in [-0.39, 0.29) is 18.2 Å². The summed E-state index contributed by atoms with van der Waals surface area (Å²) in [5.74, 6) is 3.15. The number of hydrogen-bond acceptors (Lipinski definition) is 9. The number of nitrogens with zero attached hydrogens (tertiary/aromatic N) is 4. The third kappa shape index (κ3) is 6.01. The van der Waals surface area contributed by atoms with Gasteiger partial charge in [-0.3, -0.25) is 9.82 Å². The van der Waals surface area contributed by atoms with Gasteiger partial charge >= 0.3 is 0 Å². The van der Waals surface area contributed by atoms with Gasteiger partial charge in [0.05, 0.1) is 36.8 Å². The van der Waals surface area contributed by atoms with Crippen molar-refractivity contribution in [3.8, 4) is 0 Å². The first kappa shape index (κ1) is 22.6. The Morgan fingerprint density at radius 2 is 2.10 bits per heavy atom. The van der Waals surface area contributed by atoms with E-state index in [2.05, 4.69) is 25.7 Å². The molecule has 4 heterocycles. The summed E-state index contributed by atoms with van der Waals surface area (Å²) < 4.78 is 13.2. The van der Waals surface area contributed by atoms with Crippen molar-refractivity contribution < 1.29 is 9.47 Å². The molecule has 0 amide bonds. The first-order valence-corrected chi connectivity index (χ1v) is 12.1. The van der Waals surface area contributed by atoms with Gasteiger partial charge in [-0.05, 0) is 25.2 Å². The van der Waals surface area contributed by atoms with Crippen LogP contribution in [0, 0.1) is 5.92 Å². The molecule has 31 heavy (non-hydrogen) atoms. The largest absolute Gasteiger partial charge is 0.373 e. The predicted molar refractivity (Wildman–Crippen MR) is 124 cm³/mol. The zero-order valence-electron chi connectivity index (χ0n) is 17.7. The Morgan fingerprint density at radius 3 is 2.84 bits per heavy atom. The van der Waals surface area contributed by atoms with E-state index in [1.165, 1.54) is 43.4 Å². The molecule has 0 spiro atoms. The molecule has 2 saturated heterocycles. The quantitative estimate of drug-likeness (QED) is 0.550. The number of rotatable bonds is 6. The van der Waals surface area contributed by atoms with Crippen molar-refractivity contribution in [2.75, 3.05) is 29.6 Å². The van der Waals surface area contributed by atoms with Gasteiger partial charge in [-0.2, -0.15) is 10.1 Å². The Morgan fingerprint density at radius 1 is 1.26 bits per heavy atom. The van der Waals surface area contributed by atoms with Gasteiger partial charge in [-0.25, -0.2) is 4.98 Å². The third-order valence-electron chi connectivity index (χ3n) is 5.80. The van der Waals surface area contributed by atoms with Gasteiger partial charge in [0.15, 0.2) is 5.82 Å². The molecule has 11 heteroatoms. The third-order valence-corrected chi connectivity index (χ3v) is 6.74. The van der Waals surface area contributed by atoms with E-state index in [0.29, 0.717) is 23.4 Å². The van der Waals surface area contributed by atoms with E-state index >= 15 is 0 Å². The lowest BCUT2D eigenvalue weighted by Crippen LogP contribution is -2.34. The van der Waals surface area contributed by atoms with E-state index in [1.54, 1.807) is 17.1 Å². The minimum absolute atomic E-state index is 0.0427. The highest BCUT2D eigenvalue weighted by Crippen LogP contribution is 2.30. The standard InChI is InChI=1S/C14H17ClN6O2.C6H13NS/c1-21-6-8(4-17-21)18-14-16-5-9(15)13(20-14)19-10-7-23-11-2-3-22-12(10)11;7-8-5-6-3-1-2-4-6/h4-6,10-12H,2-3,7H2,1H3,(H2,16,18,19,20);6H,1-5,7H2. The molecule has 4 N–H and O–H groups in total. The summed E-state index contributed by atoms with van der Waals surface area (Å²) >= 11 is 7.71. The monoisotopic (exact) mass is 467 g/mol. The molecule has 3 fully saturated rings. The van der Waals surface area contributed by atoms with Crippen molar-refractivity contribution in [2.45, 2.75) is 50.4 Å².